The minimum atomic E-state index is -3.42. The van der Waals surface area contributed by atoms with Crippen LogP contribution < -0.4 is 0 Å². The van der Waals surface area contributed by atoms with E-state index in [0.29, 0.717) is 12.8 Å². The molecule has 1 fully saturated rings. The molecule has 0 saturated heterocycles. The van der Waals surface area contributed by atoms with Crippen molar-refractivity contribution in [1.29, 1.82) is 0 Å². The number of likely N-dealkylation sites (N-methyl/N-ethyl adjacent to an activating group) is 1. The zero-order valence-corrected chi connectivity index (χ0v) is 10.6. The van der Waals surface area contributed by atoms with Gasteiger partial charge in [0.2, 0.25) is 5.91 Å². The maximum absolute atomic E-state index is 11.8. The molecule has 98 valence electrons. The lowest BCUT2D eigenvalue weighted by Gasteiger charge is -2.16. The van der Waals surface area contributed by atoms with Crippen molar-refractivity contribution in [2.24, 2.45) is 0 Å². The molecule has 1 N–H and O–H groups in total. The van der Waals surface area contributed by atoms with Crippen molar-refractivity contribution in [3.8, 4) is 0 Å². The third-order valence-corrected chi connectivity index (χ3v) is 5.07. The Morgan fingerprint density at radius 2 is 1.82 bits per heavy atom. The van der Waals surface area contributed by atoms with Gasteiger partial charge in [-0.15, -0.1) is 0 Å². The molecule has 0 aromatic rings. The third-order valence-electron chi connectivity index (χ3n) is 2.93. The zero-order valence-electron chi connectivity index (χ0n) is 9.76. The van der Waals surface area contributed by atoms with E-state index in [2.05, 4.69) is 0 Å². The predicted octanol–water partition coefficient (Wildman–Crippen LogP) is -0.113. The Hall–Kier alpha value is -1.11. The minimum Gasteiger partial charge on any atom is -0.480 e. The smallest absolute Gasteiger partial charge is 0.323 e. The lowest BCUT2D eigenvalue weighted by atomic mass is 10.4. The number of rotatable bonds is 5. The third kappa shape index (κ3) is 3.99. The van der Waals surface area contributed by atoms with Crippen LogP contribution in [0.15, 0.2) is 0 Å². The van der Waals surface area contributed by atoms with E-state index in [1.807, 2.05) is 0 Å². The summed E-state index contributed by atoms with van der Waals surface area (Å²) in [5.74, 6) is -2.39. The van der Waals surface area contributed by atoms with Crippen molar-refractivity contribution >= 4 is 21.7 Å². The van der Waals surface area contributed by atoms with Gasteiger partial charge in [-0.3, -0.25) is 9.59 Å². The van der Waals surface area contributed by atoms with E-state index < -0.39 is 39.3 Å². The number of nitrogens with zero attached hydrogens (tertiary/aromatic N) is 1. The Balaban J connectivity index is 2.58. The molecule has 17 heavy (non-hydrogen) atoms. The number of hydrogen-bond donors (Lipinski definition) is 1. The maximum atomic E-state index is 11.8. The first kappa shape index (κ1) is 14.0. The summed E-state index contributed by atoms with van der Waals surface area (Å²) in [5.41, 5.74) is 0. The molecule has 0 radical (unpaired) electrons. The second kappa shape index (κ2) is 5.48. The first-order valence-corrected chi connectivity index (χ1v) is 7.22. The Bertz CT molecular complexity index is 397. The van der Waals surface area contributed by atoms with Gasteiger partial charge in [0, 0.05) is 7.05 Å². The molecule has 0 aliphatic heterocycles. The Morgan fingerprint density at radius 3 is 2.29 bits per heavy atom. The van der Waals surface area contributed by atoms with Gasteiger partial charge in [-0.1, -0.05) is 12.8 Å². The molecule has 0 heterocycles. The summed E-state index contributed by atoms with van der Waals surface area (Å²) < 4.78 is 23.7. The molecule has 0 aromatic heterocycles. The summed E-state index contributed by atoms with van der Waals surface area (Å²) in [5, 5.41) is 8.07. The van der Waals surface area contributed by atoms with Gasteiger partial charge in [0.15, 0.2) is 9.84 Å². The van der Waals surface area contributed by atoms with Crippen LogP contribution in [0.4, 0.5) is 0 Å². The van der Waals surface area contributed by atoms with E-state index in [4.69, 9.17) is 5.11 Å². The van der Waals surface area contributed by atoms with Crippen molar-refractivity contribution in [2.75, 3.05) is 19.3 Å². The van der Waals surface area contributed by atoms with Crippen LogP contribution in [0.25, 0.3) is 0 Å². The van der Waals surface area contributed by atoms with Gasteiger partial charge in [-0.2, -0.15) is 0 Å². The molecule has 1 aliphatic carbocycles. The van der Waals surface area contributed by atoms with E-state index in [-0.39, 0.29) is 0 Å². The van der Waals surface area contributed by atoms with Gasteiger partial charge < -0.3 is 10.0 Å². The Labute approximate surface area is 101 Å². The van der Waals surface area contributed by atoms with Crippen molar-refractivity contribution < 1.29 is 23.1 Å². The molecule has 1 aliphatic rings. The number of hydrogen-bond acceptors (Lipinski definition) is 4. The standard InChI is InChI=1S/C10H17NO5S/c1-11(6-10(13)14)9(12)7-17(15,16)8-4-2-3-5-8/h8H,2-7H2,1H3,(H,13,14). The fourth-order valence-electron chi connectivity index (χ4n) is 1.94. The van der Waals surface area contributed by atoms with E-state index >= 15 is 0 Å². The maximum Gasteiger partial charge on any atom is 0.323 e. The highest BCUT2D eigenvalue weighted by Crippen LogP contribution is 2.25. The molecule has 0 aromatic carbocycles. The van der Waals surface area contributed by atoms with E-state index in [1.165, 1.54) is 7.05 Å². The fraction of sp³-hybridized carbons (Fsp3) is 0.800. The van der Waals surface area contributed by atoms with Gasteiger partial charge in [0.05, 0.1) is 5.25 Å². The lowest BCUT2D eigenvalue weighted by Crippen LogP contribution is -2.38. The fourth-order valence-corrected chi connectivity index (χ4v) is 3.79. The molecule has 1 saturated carbocycles. The molecule has 0 unspecified atom stereocenters. The number of carbonyl (C=O) groups excluding carboxylic acids is 1. The van der Waals surface area contributed by atoms with Gasteiger partial charge in [-0.25, -0.2) is 8.42 Å². The van der Waals surface area contributed by atoms with Crippen LogP contribution in [0.5, 0.6) is 0 Å². The van der Waals surface area contributed by atoms with E-state index in [9.17, 15) is 18.0 Å². The van der Waals surface area contributed by atoms with Gasteiger partial charge in [0.25, 0.3) is 0 Å². The topological polar surface area (TPSA) is 91.8 Å². The van der Waals surface area contributed by atoms with E-state index in [1.54, 1.807) is 0 Å². The molecule has 0 spiro atoms. The molecule has 7 heteroatoms. The average Bonchev–Trinajstić information content (AvgIpc) is 2.68. The number of carboxylic acid groups (broad SMARTS) is 1. The number of carboxylic acids is 1. The summed E-state index contributed by atoms with van der Waals surface area (Å²) in [7, 11) is -2.13. The van der Waals surface area contributed by atoms with Crippen molar-refractivity contribution in [3.63, 3.8) is 0 Å². The highest BCUT2D eigenvalue weighted by atomic mass is 32.2. The van der Waals surface area contributed by atoms with Gasteiger partial charge in [-0.05, 0) is 12.8 Å². The van der Waals surface area contributed by atoms with Crippen LogP contribution >= 0.6 is 0 Å². The first-order valence-electron chi connectivity index (χ1n) is 5.50. The monoisotopic (exact) mass is 263 g/mol. The molecule has 6 nitrogen and oxygen atoms in total. The minimum absolute atomic E-state index is 0.426. The van der Waals surface area contributed by atoms with Crippen LogP contribution in [0.3, 0.4) is 0 Å². The Kier molecular flexibility index (Phi) is 4.50. The molecular formula is C10H17NO5S. The van der Waals surface area contributed by atoms with E-state index in [0.717, 1.165) is 17.7 Å². The predicted molar refractivity (Wildman–Crippen MR) is 61.3 cm³/mol. The van der Waals surface area contributed by atoms with Crippen molar-refractivity contribution in [2.45, 2.75) is 30.9 Å². The summed E-state index contributed by atoms with van der Waals surface area (Å²) in [6.07, 6.45) is 2.97. The second-order valence-electron chi connectivity index (χ2n) is 4.36. The molecule has 1 amide bonds. The van der Waals surface area contributed by atoms with Crippen molar-refractivity contribution in [3.05, 3.63) is 0 Å². The largest absolute Gasteiger partial charge is 0.480 e. The highest BCUT2D eigenvalue weighted by Gasteiger charge is 2.31. The van der Waals surface area contributed by atoms with Crippen LogP contribution in [-0.4, -0.2) is 54.9 Å². The molecule has 0 bridgehead atoms. The summed E-state index contributed by atoms with van der Waals surface area (Å²) >= 11 is 0. The van der Waals surface area contributed by atoms with Gasteiger partial charge >= 0.3 is 5.97 Å². The summed E-state index contributed by atoms with van der Waals surface area (Å²) in [4.78, 5) is 22.9. The SMILES string of the molecule is CN(CC(=O)O)C(=O)CS(=O)(=O)C1CCCC1. The Morgan fingerprint density at radius 1 is 1.29 bits per heavy atom. The second-order valence-corrected chi connectivity index (χ2v) is 6.64. The number of sulfone groups is 1. The number of amides is 1. The van der Waals surface area contributed by atoms with Crippen LogP contribution in [0.1, 0.15) is 25.7 Å². The average molecular weight is 263 g/mol. The normalized spacial score (nSPS) is 17.0. The first-order chi connectivity index (χ1) is 7.83. The zero-order chi connectivity index (χ0) is 13.1. The molecule has 0 atom stereocenters. The van der Waals surface area contributed by atoms with Crippen LogP contribution in [0.2, 0.25) is 0 Å². The van der Waals surface area contributed by atoms with Gasteiger partial charge in [0.1, 0.15) is 12.3 Å². The van der Waals surface area contributed by atoms with Crippen LogP contribution in [0, 0.1) is 0 Å². The number of carbonyl (C=O) groups is 2. The lowest BCUT2D eigenvalue weighted by molar-refractivity contribution is -0.142. The van der Waals surface area contributed by atoms with Crippen LogP contribution in [-0.2, 0) is 19.4 Å². The summed E-state index contributed by atoms with van der Waals surface area (Å²) in [6.45, 7) is -0.473. The molecule has 1 rings (SSSR count). The molecular weight excluding hydrogens is 246 g/mol. The summed E-state index contributed by atoms with van der Waals surface area (Å²) in [6, 6.07) is 0. The van der Waals surface area contributed by atoms with Crippen molar-refractivity contribution in [1.82, 2.24) is 4.90 Å². The number of aliphatic carboxylic acids is 1. The quantitative estimate of drug-likeness (QED) is 0.747. The highest BCUT2D eigenvalue weighted by molar-refractivity contribution is 7.92.